The van der Waals surface area contributed by atoms with E-state index >= 15 is 0 Å². The van der Waals surface area contributed by atoms with Crippen molar-refractivity contribution < 1.29 is 10.2 Å². The zero-order chi connectivity index (χ0) is 7.98. The molecule has 0 aliphatic rings. The molecule has 0 aliphatic carbocycles. The third kappa shape index (κ3) is 5.54. The van der Waals surface area contributed by atoms with Gasteiger partial charge in [0.2, 0.25) is 0 Å². The first-order valence-corrected chi connectivity index (χ1v) is 3.34. The molecular weight excluding hydrogens is 128 g/mol. The summed E-state index contributed by atoms with van der Waals surface area (Å²) >= 11 is 0. The largest absolute Gasteiger partial charge is 0.389 e. The van der Waals surface area contributed by atoms with Crippen LogP contribution in [-0.2, 0) is 0 Å². The molecule has 2 N–H and O–H groups in total. The molecular formula is C8H14O2. The van der Waals surface area contributed by atoms with Crippen molar-refractivity contribution in [3.63, 3.8) is 0 Å². The zero-order valence-electron chi connectivity index (χ0n) is 6.36. The van der Waals surface area contributed by atoms with Gasteiger partial charge in [0.05, 0.1) is 12.2 Å². The van der Waals surface area contributed by atoms with Crippen LogP contribution in [0.15, 0.2) is 24.3 Å². The monoisotopic (exact) mass is 142 g/mol. The average Bonchev–Trinajstić information content (AvgIpc) is 1.85. The van der Waals surface area contributed by atoms with Crippen LogP contribution in [-0.4, -0.2) is 22.4 Å². The van der Waals surface area contributed by atoms with Crippen molar-refractivity contribution in [3.8, 4) is 0 Å². The summed E-state index contributed by atoms with van der Waals surface area (Å²) in [5.41, 5.74) is 0. The molecule has 0 saturated carbocycles. The predicted octanol–water partition coefficient (Wildman–Crippen LogP) is 0.860. The number of hydrogen-bond donors (Lipinski definition) is 2. The van der Waals surface area contributed by atoms with Crippen molar-refractivity contribution in [1.29, 1.82) is 0 Å². The molecule has 0 amide bonds. The summed E-state index contributed by atoms with van der Waals surface area (Å²) in [4.78, 5) is 0. The molecule has 0 aromatic heterocycles. The Morgan fingerprint density at radius 3 is 2.10 bits per heavy atom. The molecule has 2 heteroatoms. The Labute approximate surface area is 61.5 Å². The molecule has 0 heterocycles. The molecule has 10 heavy (non-hydrogen) atoms. The summed E-state index contributed by atoms with van der Waals surface area (Å²) in [7, 11) is 0. The zero-order valence-corrected chi connectivity index (χ0v) is 6.36. The van der Waals surface area contributed by atoms with Crippen LogP contribution in [0.1, 0.15) is 13.8 Å². The van der Waals surface area contributed by atoms with Crippen LogP contribution in [0, 0.1) is 0 Å². The molecule has 2 nitrogen and oxygen atoms in total. The van der Waals surface area contributed by atoms with Gasteiger partial charge in [-0.1, -0.05) is 24.3 Å². The highest BCUT2D eigenvalue weighted by molar-refractivity contribution is 5.01. The third-order valence-electron chi connectivity index (χ3n) is 0.976. The lowest BCUT2D eigenvalue weighted by molar-refractivity contribution is 0.237. The molecule has 0 aromatic rings. The van der Waals surface area contributed by atoms with E-state index in [1.165, 1.54) is 0 Å². The first kappa shape index (κ1) is 9.40. The Bertz CT molecular complexity index is 125. The minimum absolute atomic E-state index is 0.486. The Hall–Kier alpha value is -0.600. The van der Waals surface area contributed by atoms with Crippen LogP contribution < -0.4 is 0 Å². The van der Waals surface area contributed by atoms with E-state index < -0.39 is 12.2 Å². The predicted molar refractivity (Wildman–Crippen MR) is 41.6 cm³/mol. The number of aliphatic hydroxyl groups is 2. The summed E-state index contributed by atoms with van der Waals surface area (Å²) in [6.45, 7) is 3.47. The summed E-state index contributed by atoms with van der Waals surface area (Å²) < 4.78 is 0. The second-order valence-electron chi connectivity index (χ2n) is 2.14. The number of allylic oxidation sites excluding steroid dienone is 1. The van der Waals surface area contributed by atoms with Gasteiger partial charge in [0.25, 0.3) is 0 Å². The first-order chi connectivity index (χ1) is 4.66. The molecule has 2 atom stereocenters. The van der Waals surface area contributed by atoms with Crippen LogP contribution in [0.25, 0.3) is 0 Å². The van der Waals surface area contributed by atoms with Gasteiger partial charge in [-0.3, -0.25) is 0 Å². The van der Waals surface area contributed by atoms with E-state index in [0.717, 1.165) is 0 Å². The first-order valence-electron chi connectivity index (χ1n) is 3.34. The summed E-state index contributed by atoms with van der Waals surface area (Å²) in [5.74, 6) is 0. The normalized spacial score (nSPS) is 18.4. The maximum Gasteiger partial charge on any atom is 0.0903 e. The van der Waals surface area contributed by atoms with Crippen molar-refractivity contribution in [2.24, 2.45) is 0 Å². The fraction of sp³-hybridized carbons (Fsp3) is 0.500. The van der Waals surface area contributed by atoms with Gasteiger partial charge in [-0.2, -0.15) is 0 Å². The topological polar surface area (TPSA) is 40.5 Å². The standard InChI is InChI=1S/C8H14O2/c1-3-4-8(10)6-5-7(2)9/h3-10H,1-2H3/b4-3+,6-5+. The highest BCUT2D eigenvalue weighted by Crippen LogP contribution is 1.90. The number of hydrogen-bond acceptors (Lipinski definition) is 2. The Balaban J connectivity index is 3.66. The maximum atomic E-state index is 9.01. The smallest absolute Gasteiger partial charge is 0.0903 e. The summed E-state index contributed by atoms with van der Waals surface area (Å²) in [6, 6.07) is 0. The van der Waals surface area contributed by atoms with Crippen molar-refractivity contribution in [2.45, 2.75) is 26.1 Å². The average molecular weight is 142 g/mol. The molecule has 0 fully saturated rings. The van der Waals surface area contributed by atoms with Gasteiger partial charge in [0, 0.05) is 0 Å². The van der Waals surface area contributed by atoms with E-state index in [1.807, 2.05) is 6.92 Å². The highest BCUT2D eigenvalue weighted by atomic mass is 16.3. The van der Waals surface area contributed by atoms with Crippen LogP contribution in [0.2, 0.25) is 0 Å². The van der Waals surface area contributed by atoms with E-state index in [-0.39, 0.29) is 0 Å². The maximum absolute atomic E-state index is 9.01. The van der Waals surface area contributed by atoms with Gasteiger partial charge in [-0.05, 0) is 13.8 Å². The van der Waals surface area contributed by atoms with Crippen molar-refractivity contribution in [2.75, 3.05) is 0 Å². The van der Waals surface area contributed by atoms with Crippen LogP contribution >= 0.6 is 0 Å². The quantitative estimate of drug-likeness (QED) is 0.574. The van der Waals surface area contributed by atoms with Gasteiger partial charge in [0.1, 0.15) is 0 Å². The van der Waals surface area contributed by atoms with Crippen LogP contribution in [0.5, 0.6) is 0 Å². The Kier molecular flexibility index (Phi) is 4.89. The van der Waals surface area contributed by atoms with Gasteiger partial charge < -0.3 is 10.2 Å². The molecule has 2 unspecified atom stereocenters. The lowest BCUT2D eigenvalue weighted by atomic mass is 10.2. The van der Waals surface area contributed by atoms with E-state index in [9.17, 15) is 0 Å². The molecule has 0 spiro atoms. The SMILES string of the molecule is C/C=C/C(O)/C=C/C(C)O. The second-order valence-corrected chi connectivity index (χ2v) is 2.14. The van der Waals surface area contributed by atoms with E-state index in [4.69, 9.17) is 10.2 Å². The highest BCUT2D eigenvalue weighted by Gasteiger charge is 1.90. The van der Waals surface area contributed by atoms with Gasteiger partial charge in [0.15, 0.2) is 0 Å². The molecule has 0 radical (unpaired) electrons. The third-order valence-corrected chi connectivity index (χ3v) is 0.976. The fourth-order valence-corrected chi connectivity index (χ4v) is 0.536. The van der Waals surface area contributed by atoms with Crippen LogP contribution in [0.3, 0.4) is 0 Å². The lowest BCUT2D eigenvalue weighted by Crippen LogP contribution is -1.99. The Morgan fingerprint density at radius 2 is 1.70 bits per heavy atom. The summed E-state index contributed by atoms with van der Waals surface area (Å²) in [6.07, 6.45) is 5.44. The van der Waals surface area contributed by atoms with Gasteiger partial charge >= 0.3 is 0 Å². The Morgan fingerprint density at radius 1 is 1.10 bits per heavy atom. The number of rotatable bonds is 3. The van der Waals surface area contributed by atoms with E-state index in [0.29, 0.717) is 0 Å². The molecule has 58 valence electrons. The van der Waals surface area contributed by atoms with E-state index in [2.05, 4.69) is 0 Å². The van der Waals surface area contributed by atoms with Crippen LogP contribution in [0.4, 0.5) is 0 Å². The minimum atomic E-state index is -0.570. The fourth-order valence-electron chi connectivity index (χ4n) is 0.536. The van der Waals surface area contributed by atoms with Gasteiger partial charge in [-0.15, -0.1) is 0 Å². The number of aliphatic hydroxyl groups excluding tert-OH is 2. The molecule has 0 bridgehead atoms. The second kappa shape index (κ2) is 5.21. The summed E-state index contributed by atoms with van der Waals surface area (Å²) in [5, 5.41) is 17.8. The van der Waals surface area contributed by atoms with E-state index in [1.54, 1.807) is 31.2 Å². The van der Waals surface area contributed by atoms with Gasteiger partial charge in [-0.25, -0.2) is 0 Å². The van der Waals surface area contributed by atoms with Crippen molar-refractivity contribution in [3.05, 3.63) is 24.3 Å². The van der Waals surface area contributed by atoms with Crippen molar-refractivity contribution >= 4 is 0 Å². The van der Waals surface area contributed by atoms with Crippen molar-refractivity contribution in [1.82, 2.24) is 0 Å². The molecule has 0 aromatic carbocycles. The molecule has 0 saturated heterocycles. The minimum Gasteiger partial charge on any atom is -0.389 e. The molecule has 0 rings (SSSR count). The lowest BCUT2D eigenvalue weighted by Gasteiger charge is -1.97. The molecule has 0 aliphatic heterocycles.